The highest BCUT2D eigenvalue weighted by Crippen LogP contribution is 2.46. The molecule has 11 aromatic rings. The maximum Gasteiger partial charge on any atom is 0.197 e. The average molecular weight is 697 g/mol. The third-order valence-electron chi connectivity index (χ3n) is 10.8. The number of aromatic nitrogens is 2. The highest BCUT2D eigenvalue weighted by atomic mass is 32.1. The molecule has 0 fully saturated rings. The molecule has 7 aromatic carbocycles. The van der Waals surface area contributed by atoms with Crippen LogP contribution in [0.2, 0.25) is 0 Å². The Hall–Kier alpha value is -6.08. The van der Waals surface area contributed by atoms with Crippen LogP contribution in [0.25, 0.3) is 79.2 Å². The third-order valence-corrected chi connectivity index (χ3v) is 13.0. The minimum absolute atomic E-state index is 1.12. The largest absolute Gasteiger partial charge is 0.346 e. The topological polar surface area (TPSA) is 24.0 Å². The fourth-order valence-electron chi connectivity index (χ4n) is 8.61. The van der Waals surface area contributed by atoms with E-state index in [2.05, 4.69) is 179 Å². The molecule has 1 aliphatic heterocycles. The van der Waals surface area contributed by atoms with Crippen molar-refractivity contribution < 1.29 is 0 Å². The Labute approximate surface area is 307 Å². The molecule has 0 atom stereocenters. The van der Waals surface area contributed by atoms with Crippen molar-refractivity contribution in [1.29, 1.82) is 0 Å². The smallest absolute Gasteiger partial charge is 0.197 e. The van der Waals surface area contributed by atoms with E-state index in [9.17, 15) is 0 Å². The molecular weight excluding hydrogens is 669 g/mol. The number of nitrogens with zero attached hydrogens (tertiary/aromatic N) is 2. The van der Waals surface area contributed by atoms with Crippen LogP contribution >= 0.6 is 22.7 Å². The van der Waals surface area contributed by atoms with Crippen molar-refractivity contribution in [2.45, 2.75) is 0 Å². The van der Waals surface area contributed by atoms with Crippen LogP contribution in [0.3, 0.4) is 0 Å². The standard InChI is InChI=1S/C46H27BN3S2/c1-3-13-27(14-4-1)49(28-15-5-2-6-16-28)29-25-35(30-19-11-20-33-40-31-17-7-9-23-38(31)51-45(40)48-43(30)33)42-37(26-29)50-44-34(21-12-22-36(44)47-42)41-32-18-8-10-24-39(32)52-46(41)50/h1-26,48H. The molecule has 0 spiro atoms. The quantitative estimate of drug-likeness (QED) is 0.182. The van der Waals surface area contributed by atoms with Gasteiger partial charge in [0.2, 0.25) is 0 Å². The molecule has 52 heavy (non-hydrogen) atoms. The Bertz CT molecular complexity index is 3180. The second kappa shape index (κ2) is 10.7. The fraction of sp³-hybridized carbons (Fsp3) is 0. The number of benzene rings is 7. The molecule has 0 saturated heterocycles. The number of anilines is 3. The number of hydrogen-bond acceptors (Lipinski definition) is 3. The molecule has 4 aromatic heterocycles. The molecular formula is C46H27BN3S2. The number of para-hydroxylation sites is 4. The number of rotatable bonds is 4. The molecule has 0 bridgehead atoms. The lowest BCUT2D eigenvalue weighted by molar-refractivity contribution is 1.19. The first-order chi connectivity index (χ1) is 25.8. The number of hydrogen-bond donors (Lipinski definition) is 1. The summed E-state index contributed by atoms with van der Waals surface area (Å²) in [5, 5.41) is 7.85. The van der Waals surface area contributed by atoms with Crippen LogP contribution in [-0.4, -0.2) is 16.8 Å². The number of H-pyrrole nitrogens is 1. The summed E-state index contributed by atoms with van der Waals surface area (Å²) in [6.45, 7) is 0. The van der Waals surface area contributed by atoms with Crippen LogP contribution in [0.15, 0.2) is 158 Å². The van der Waals surface area contributed by atoms with Gasteiger partial charge in [0.25, 0.3) is 0 Å². The second-order valence-corrected chi connectivity index (χ2v) is 15.7. The summed E-state index contributed by atoms with van der Waals surface area (Å²) in [5.74, 6) is 0. The van der Waals surface area contributed by atoms with Crippen LogP contribution < -0.4 is 15.8 Å². The number of nitrogens with one attached hydrogen (secondary N) is 1. The van der Waals surface area contributed by atoms with E-state index in [0.29, 0.717) is 0 Å². The van der Waals surface area contributed by atoms with Gasteiger partial charge >= 0.3 is 0 Å². The third kappa shape index (κ3) is 3.91. The molecule has 0 unspecified atom stereocenters. The molecule has 3 nitrogen and oxygen atoms in total. The van der Waals surface area contributed by atoms with Gasteiger partial charge in [0.05, 0.1) is 5.52 Å². The predicted octanol–water partition coefficient (Wildman–Crippen LogP) is 12.0. The van der Waals surface area contributed by atoms with E-state index in [1.54, 1.807) is 0 Å². The molecule has 6 heteroatoms. The summed E-state index contributed by atoms with van der Waals surface area (Å²) in [4.78, 5) is 8.83. The Morgan fingerprint density at radius 2 is 1.15 bits per heavy atom. The van der Waals surface area contributed by atoms with Crippen molar-refractivity contribution >= 4 is 120 Å². The summed E-state index contributed by atoms with van der Waals surface area (Å²) in [7, 11) is 2.43. The number of thiophene rings is 2. The van der Waals surface area contributed by atoms with Gasteiger partial charge in [0, 0.05) is 75.5 Å². The molecule has 1 radical (unpaired) electrons. The van der Waals surface area contributed by atoms with E-state index in [4.69, 9.17) is 0 Å². The highest BCUT2D eigenvalue weighted by Gasteiger charge is 2.29. The SMILES string of the molecule is [B]1c2c(-c3cccc4c3[nH]c3sc5ccccc5c34)cc(N(c3ccccc3)c3ccccc3)cc2-n2c3sc4ccccc4c3c3cccc1c32. The maximum absolute atomic E-state index is 3.92. The minimum atomic E-state index is 1.12. The van der Waals surface area contributed by atoms with Crippen LogP contribution in [0.1, 0.15) is 0 Å². The van der Waals surface area contributed by atoms with Crippen LogP contribution in [0, 0.1) is 0 Å². The van der Waals surface area contributed by atoms with Crippen molar-refractivity contribution in [2.75, 3.05) is 4.90 Å². The first-order valence-corrected chi connectivity index (χ1v) is 19.2. The van der Waals surface area contributed by atoms with Gasteiger partial charge in [-0.25, -0.2) is 0 Å². The lowest BCUT2D eigenvalue weighted by Gasteiger charge is -2.30. The van der Waals surface area contributed by atoms with E-state index >= 15 is 0 Å². The van der Waals surface area contributed by atoms with E-state index in [1.165, 1.54) is 90.2 Å². The van der Waals surface area contributed by atoms with E-state index in [1.807, 2.05) is 22.7 Å². The van der Waals surface area contributed by atoms with E-state index in [0.717, 1.165) is 17.1 Å². The average Bonchev–Trinajstić information content (AvgIpc) is 3.94. The van der Waals surface area contributed by atoms with Crippen molar-refractivity contribution in [3.05, 3.63) is 158 Å². The molecule has 12 rings (SSSR count). The Balaban J connectivity index is 1.22. The van der Waals surface area contributed by atoms with Gasteiger partial charge in [-0.2, -0.15) is 0 Å². The number of aromatic amines is 1. The van der Waals surface area contributed by atoms with Crippen molar-refractivity contribution in [3.63, 3.8) is 0 Å². The van der Waals surface area contributed by atoms with Crippen LogP contribution in [-0.2, 0) is 0 Å². The zero-order chi connectivity index (χ0) is 33.9. The predicted molar refractivity (Wildman–Crippen MR) is 226 cm³/mol. The van der Waals surface area contributed by atoms with Crippen molar-refractivity contribution in [2.24, 2.45) is 0 Å². The first-order valence-electron chi connectivity index (χ1n) is 17.6. The first kappa shape index (κ1) is 28.6. The Morgan fingerprint density at radius 1 is 0.519 bits per heavy atom. The van der Waals surface area contributed by atoms with Crippen LogP contribution in [0.4, 0.5) is 17.1 Å². The molecule has 0 saturated carbocycles. The monoisotopic (exact) mass is 696 g/mol. The number of fused-ring (bicyclic) bond motifs is 12. The van der Waals surface area contributed by atoms with Gasteiger partial charge in [-0.05, 0) is 59.6 Å². The molecule has 241 valence electrons. The molecule has 0 aliphatic carbocycles. The zero-order valence-corrected chi connectivity index (χ0v) is 29.4. The normalized spacial score (nSPS) is 12.4. The lowest BCUT2D eigenvalue weighted by Crippen LogP contribution is -2.37. The summed E-state index contributed by atoms with van der Waals surface area (Å²) in [6, 6.07) is 57.6. The Morgan fingerprint density at radius 3 is 1.92 bits per heavy atom. The summed E-state index contributed by atoms with van der Waals surface area (Å²) >= 11 is 3.73. The zero-order valence-electron chi connectivity index (χ0n) is 27.8. The van der Waals surface area contributed by atoms with Gasteiger partial charge in [-0.3, -0.25) is 0 Å². The molecule has 1 N–H and O–H groups in total. The highest BCUT2D eigenvalue weighted by molar-refractivity contribution is 7.26. The fourth-order valence-corrected chi connectivity index (χ4v) is 11.0. The summed E-state index contributed by atoms with van der Waals surface area (Å²) in [5.41, 5.74) is 11.9. The van der Waals surface area contributed by atoms with E-state index < -0.39 is 0 Å². The van der Waals surface area contributed by atoms with Crippen molar-refractivity contribution in [1.82, 2.24) is 9.55 Å². The van der Waals surface area contributed by atoms with Crippen LogP contribution in [0.5, 0.6) is 0 Å². The summed E-state index contributed by atoms with van der Waals surface area (Å²) < 4.78 is 5.18. The maximum atomic E-state index is 3.92. The van der Waals surface area contributed by atoms with Gasteiger partial charge in [-0.15, -0.1) is 22.7 Å². The van der Waals surface area contributed by atoms with Crippen molar-refractivity contribution in [3.8, 4) is 16.8 Å². The van der Waals surface area contributed by atoms with Gasteiger partial charge in [-0.1, -0.05) is 115 Å². The summed E-state index contributed by atoms with van der Waals surface area (Å²) in [6.07, 6.45) is 0. The molecule has 5 heterocycles. The molecule has 1 aliphatic rings. The van der Waals surface area contributed by atoms with E-state index in [-0.39, 0.29) is 0 Å². The lowest BCUT2D eigenvalue weighted by atomic mass is 9.59. The van der Waals surface area contributed by atoms with Gasteiger partial charge < -0.3 is 14.5 Å². The van der Waals surface area contributed by atoms with Gasteiger partial charge in [0.15, 0.2) is 7.28 Å². The second-order valence-electron chi connectivity index (χ2n) is 13.6. The Kier molecular flexibility index (Phi) is 5.90. The van der Waals surface area contributed by atoms with Gasteiger partial charge in [0.1, 0.15) is 9.66 Å². The minimum Gasteiger partial charge on any atom is -0.346 e. The molecule has 0 amide bonds.